The molecule has 0 saturated carbocycles. The fraction of sp³-hybridized carbons (Fsp3) is 1.00. The molecule has 0 fully saturated rings. The lowest BCUT2D eigenvalue weighted by atomic mass is 10.2. The fourth-order valence-corrected chi connectivity index (χ4v) is 1.42. The molecule has 0 aromatic heterocycles. The molecule has 0 aromatic carbocycles. The van der Waals surface area contributed by atoms with Gasteiger partial charge in [0.2, 0.25) is 0 Å². The number of halogens is 1. The predicted octanol–water partition coefficient (Wildman–Crippen LogP) is 2.39. The summed E-state index contributed by atoms with van der Waals surface area (Å²) in [5.41, 5.74) is -0.0936. The summed E-state index contributed by atoms with van der Waals surface area (Å²) in [5, 5.41) is -0.0278. The van der Waals surface area contributed by atoms with Crippen molar-refractivity contribution in [3.05, 3.63) is 0 Å². The summed E-state index contributed by atoms with van der Waals surface area (Å²) in [5.74, 6) is 0. The van der Waals surface area contributed by atoms with Gasteiger partial charge in [0, 0.05) is 0 Å². The fourth-order valence-electron chi connectivity index (χ4n) is 0.474. The molecule has 62 valence electrons. The molecule has 1 unspecified atom stereocenters. The highest BCUT2D eigenvalue weighted by molar-refractivity contribution is 6.66. The summed E-state index contributed by atoms with van der Waals surface area (Å²) in [6.45, 7) is 10.4. The highest BCUT2D eigenvalue weighted by atomic mass is 35.5. The van der Waals surface area contributed by atoms with Crippen LogP contribution in [0.25, 0.3) is 0 Å². The van der Waals surface area contributed by atoms with Gasteiger partial charge in [-0.15, -0.1) is 0 Å². The highest BCUT2D eigenvalue weighted by Gasteiger charge is 2.19. The summed E-state index contributed by atoms with van der Waals surface area (Å²) in [6.07, 6.45) is 0. The average molecular weight is 181 g/mol. The SMILES string of the molecule is C[SiH](C)C(Cl)OC(C)(C)C. The summed E-state index contributed by atoms with van der Waals surface area (Å²) in [6, 6.07) is 0. The molecule has 1 nitrogen and oxygen atoms in total. The second-order valence-electron chi connectivity index (χ2n) is 3.83. The van der Waals surface area contributed by atoms with Gasteiger partial charge in [0.25, 0.3) is 0 Å². The van der Waals surface area contributed by atoms with E-state index in [4.69, 9.17) is 16.3 Å². The van der Waals surface area contributed by atoms with Crippen molar-refractivity contribution in [3.63, 3.8) is 0 Å². The maximum atomic E-state index is 5.94. The third-order valence-electron chi connectivity index (χ3n) is 0.990. The lowest BCUT2D eigenvalue weighted by Gasteiger charge is -2.25. The predicted molar refractivity (Wildman–Crippen MR) is 49.4 cm³/mol. The second kappa shape index (κ2) is 3.74. The molecule has 3 heteroatoms. The molecule has 0 amide bonds. The van der Waals surface area contributed by atoms with E-state index in [0.29, 0.717) is 0 Å². The Hall–Kier alpha value is 0.467. The Balaban J connectivity index is 3.68. The van der Waals surface area contributed by atoms with E-state index >= 15 is 0 Å². The van der Waals surface area contributed by atoms with Crippen LogP contribution >= 0.6 is 11.6 Å². The first-order valence-corrected chi connectivity index (χ1v) is 7.06. The number of hydrogen-bond acceptors (Lipinski definition) is 1. The second-order valence-corrected chi connectivity index (χ2v) is 7.77. The summed E-state index contributed by atoms with van der Waals surface area (Å²) >= 11 is 5.94. The van der Waals surface area contributed by atoms with Crippen LogP contribution < -0.4 is 0 Å². The maximum absolute atomic E-state index is 5.94. The zero-order valence-electron chi connectivity index (χ0n) is 7.44. The van der Waals surface area contributed by atoms with E-state index < -0.39 is 8.80 Å². The van der Waals surface area contributed by atoms with Crippen molar-refractivity contribution in [2.24, 2.45) is 0 Å². The van der Waals surface area contributed by atoms with Gasteiger partial charge in [0.1, 0.15) is 5.19 Å². The zero-order valence-corrected chi connectivity index (χ0v) is 9.35. The third kappa shape index (κ3) is 5.27. The minimum Gasteiger partial charge on any atom is -0.361 e. The van der Waals surface area contributed by atoms with E-state index in [1.165, 1.54) is 0 Å². The molecule has 1 atom stereocenters. The van der Waals surface area contributed by atoms with Gasteiger partial charge in [-0.05, 0) is 20.8 Å². The normalized spacial score (nSPS) is 15.9. The third-order valence-corrected chi connectivity index (χ3v) is 3.78. The van der Waals surface area contributed by atoms with Crippen LogP contribution in [0.4, 0.5) is 0 Å². The molecule has 0 aliphatic rings. The topological polar surface area (TPSA) is 9.23 Å². The van der Waals surface area contributed by atoms with E-state index in [2.05, 4.69) is 13.1 Å². The van der Waals surface area contributed by atoms with Gasteiger partial charge < -0.3 is 4.74 Å². The Morgan fingerprint density at radius 1 is 1.30 bits per heavy atom. The first-order valence-electron chi connectivity index (χ1n) is 3.65. The van der Waals surface area contributed by atoms with Crippen LogP contribution in [0.3, 0.4) is 0 Å². The molecule has 10 heavy (non-hydrogen) atoms. The van der Waals surface area contributed by atoms with Crippen LogP contribution in [0.5, 0.6) is 0 Å². The Morgan fingerprint density at radius 2 is 1.70 bits per heavy atom. The van der Waals surface area contributed by atoms with Crippen LogP contribution in [0.15, 0.2) is 0 Å². The lowest BCUT2D eigenvalue weighted by Crippen LogP contribution is -2.31. The average Bonchev–Trinajstić information content (AvgIpc) is 1.60. The van der Waals surface area contributed by atoms with Gasteiger partial charge in [-0.25, -0.2) is 0 Å². The van der Waals surface area contributed by atoms with E-state index in [-0.39, 0.29) is 10.8 Å². The summed E-state index contributed by atoms with van der Waals surface area (Å²) < 4.78 is 5.53. The Morgan fingerprint density at radius 3 is 1.80 bits per heavy atom. The molecule has 0 saturated heterocycles. The molecule has 0 spiro atoms. The first kappa shape index (κ1) is 10.5. The smallest absolute Gasteiger partial charge is 0.115 e. The van der Waals surface area contributed by atoms with Crippen LogP contribution in [0.1, 0.15) is 20.8 Å². The largest absolute Gasteiger partial charge is 0.361 e. The quantitative estimate of drug-likeness (QED) is 0.469. The van der Waals surface area contributed by atoms with Gasteiger partial charge in [-0.1, -0.05) is 24.7 Å². The standard InChI is InChI=1S/C7H17ClOSi/c1-7(2,3)9-6(8)10(4)5/h6,10H,1-5H3. The number of rotatable bonds is 2. The zero-order chi connectivity index (χ0) is 8.36. The molecule has 0 rings (SSSR count). The molecule has 0 aromatic rings. The Kier molecular flexibility index (Phi) is 3.92. The molecule has 0 bridgehead atoms. The Labute approximate surface area is 70.3 Å². The lowest BCUT2D eigenvalue weighted by molar-refractivity contribution is 0.00600. The van der Waals surface area contributed by atoms with E-state index in [1.807, 2.05) is 20.8 Å². The molecular formula is C7H17ClOSi. The van der Waals surface area contributed by atoms with Crippen LogP contribution in [0.2, 0.25) is 13.1 Å². The highest BCUT2D eigenvalue weighted by Crippen LogP contribution is 2.15. The van der Waals surface area contributed by atoms with Crippen molar-refractivity contribution in [2.45, 2.75) is 44.7 Å². The van der Waals surface area contributed by atoms with E-state index in [9.17, 15) is 0 Å². The van der Waals surface area contributed by atoms with Crippen molar-refractivity contribution in [3.8, 4) is 0 Å². The summed E-state index contributed by atoms with van der Waals surface area (Å²) in [4.78, 5) is 0. The van der Waals surface area contributed by atoms with Gasteiger partial charge >= 0.3 is 0 Å². The molecule has 0 aliphatic heterocycles. The van der Waals surface area contributed by atoms with Gasteiger partial charge in [-0.3, -0.25) is 0 Å². The van der Waals surface area contributed by atoms with Crippen LogP contribution in [-0.4, -0.2) is 19.6 Å². The van der Waals surface area contributed by atoms with Crippen molar-refractivity contribution in [1.82, 2.24) is 0 Å². The van der Waals surface area contributed by atoms with E-state index in [1.54, 1.807) is 0 Å². The minimum absolute atomic E-state index is 0.0278. The number of ether oxygens (including phenoxy) is 1. The van der Waals surface area contributed by atoms with Crippen LogP contribution in [0, 0.1) is 0 Å². The van der Waals surface area contributed by atoms with Crippen molar-refractivity contribution in [1.29, 1.82) is 0 Å². The number of hydrogen-bond donors (Lipinski definition) is 0. The molecule has 0 heterocycles. The monoisotopic (exact) mass is 180 g/mol. The minimum atomic E-state index is -0.821. The van der Waals surface area contributed by atoms with Gasteiger partial charge in [0.15, 0.2) is 0 Å². The van der Waals surface area contributed by atoms with Gasteiger partial charge in [0.05, 0.1) is 14.4 Å². The van der Waals surface area contributed by atoms with Crippen LogP contribution in [-0.2, 0) is 4.74 Å². The molecular weight excluding hydrogens is 164 g/mol. The van der Waals surface area contributed by atoms with E-state index in [0.717, 1.165) is 0 Å². The first-order chi connectivity index (χ1) is 4.33. The molecule has 0 N–H and O–H groups in total. The van der Waals surface area contributed by atoms with Crippen molar-refractivity contribution < 1.29 is 4.74 Å². The molecule has 0 radical (unpaired) electrons. The Bertz CT molecular complexity index is 98.3. The maximum Gasteiger partial charge on any atom is 0.115 e. The summed E-state index contributed by atoms with van der Waals surface area (Å²) in [7, 11) is -0.821. The van der Waals surface area contributed by atoms with Crippen molar-refractivity contribution in [2.75, 3.05) is 0 Å². The van der Waals surface area contributed by atoms with Gasteiger partial charge in [-0.2, -0.15) is 0 Å². The molecule has 0 aliphatic carbocycles. The van der Waals surface area contributed by atoms with Crippen molar-refractivity contribution >= 4 is 20.4 Å². The number of alkyl halides is 1.